The van der Waals surface area contributed by atoms with Gasteiger partial charge in [-0.2, -0.15) is 0 Å². The van der Waals surface area contributed by atoms with Gasteiger partial charge in [0.2, 0.25) is 0 Å². The SMILES string of the molecule is Cl.Cl.O=c1oc2cc(-c3ccccc3)ccc2c2c1CN(CCN1CC3CCC(CC3)C1)CC2. The van der Waals surface area contributed by atoms with Gasteiger partial charge in [0.25, 0.3) is 0 Å². The lowest BCUT2D eigenvalue weighted by Gasteiger charge is -2.31. The van der Waals surface area contributed by atoms with Gasteiger partial charge < -0.3 is 9.32 Å². The lowest BCUT2D eigenvalue weighted by atomic mass is 9.84. The molecule has 2 aromatic carbocycles. The van der Waals surface area contributed by atoms with Crippen molar-refractivity contribution in [1.29, 1.82) is 0 Å². The smallest absolute Gasteiger partial charge is 0.341 e. The fourth-order valence-electron chi connectivity index (χ4n) is 6.19. The van der Waals surface area contributed by atoms with Crippen LogP contribution in [0.2, 0.25) is 0 Å². The summed E-state index contributed by atoms with van der Waals surface area (Å²) in [7, 11) is 0. The Bertz CT molecular complexity index is 1160. The van der Waals surface area contributed by atoms with Crippen LogP contribution in [0.1, 0.15) is 36.8 Å². The number of hydrogen-bond acceptors (Lipinski definition) is 4. The van der Waals surface area contributed by atoms with Crippen molar-refractivity contribution in [1.82, 2.24) is 9.80 Å². The first-order valence-corrected chi connectivity index (χ1v) is 12.3. The van der Waals surface area contributed by atoms with Crippen molar-refractivity contribution in [3.63, 3.8) is 0 Å². The highest BCUT2D eigenvalue weighted by Crippen LogP contribution is 2.34. The largest absolute Gasteiger partial charge is 0.422 e. The van der Waals surface area contributed by atoms with Gasteiger partial charge in [-0.3, -0.25) is 4.90 Å². The summed E-state index contributed by atoms with van der Waals surface area (Å²) in [6, 6.07) is 16.6. The molecule has 7 rings (SSSR count). The van der Waals surface area contributed by atoms with E-state index < -0.39 is 0 Å². The van der Waals surface area contributed by atoms with E-state index >= 15 is 0 Å². The van der Waals surface area contributed by atoms with E-state index in [0.29, 0.717) is 5.58 Å². The van der Waals surface area contributed by atoms with Crippen LogP contribution in [-0.4, -0.2) is 42.5 Å². The molecule has 4 heterocycles. The molecule has 1 aromatic heterocycles. The Labute approximate surface area is 214 Å². The summed E-state index contributed by atoms with van der Waals surface area (Å²) in [5.41, 5.74) is 4.85. The molecule has 4 nitrogen and oxygen atoms in total. The summed E-state index contributed by atoms with van der Waals surface area (Å²) < 4.78 is 5.83. The zero-order chi connectivity index (χ0) is 21.5. The third-order valence-corrected chi connectivity index (χ3v) is 8.02. The third-order valence-electron chi connectivity index (χ3n) is 8.02. The van der Waals surface area contributed by atoms with Crippen molar-refractivity contribution in [2.45, 2.75) is 38.6 Å². The van der Waals surface area contributed by atoms with Crippen LogP contribution in [0, 0.1) is 11.8 Å². The lowest BCUT2D eigenvalue weighted by molar-refractivity contribution is 0.182. The fraction of sp³-hybridized carbons (Fsp3) is 0.464. The van der Waals surface area contributed by atoms with Gasteiger partial charge in [-0.25, -0.2) is 4.79 Å². The molecule has 3 aliphatic heterocycles. The molecule has 0 radical (unpaired) electrons. The van der Waals surface area contributed by atoms with Crippen molar-refractivity contribution in [2.75, 3.05) is 32.7 Å². The molecule has 0 N–H and O–H groups in total. The minimum Gasteiger partial charge on any atom is -0.422 e. The second kappa shape index (κ2) is 10.8. The van der Waals surface area contributed by atoms with Crippen LogP contribution in [0.25, 0.3) is 22.1 Å². The lowest BCUT2D eigenvalue weighted by Crippen LogP contribution is -2.40. The monoisotopic (exact) mass is 500 g/mol. The standard InChI is InChI=1S/C28H32N2O2.2ClH/c31-28-26-19-29(14-15-30-17-20-6-7-21(18-30)9-8-20)13-12-24(26)25-11-10-23(16-27(25)32-28)22-4-2-1-3-5-22;;/h1-5,10-11,16,20-21H,6-9,12-15,17-19H2;2*1H. The van der Waals surface area contributed by atoms with Gasteiger partial charge in [0.1, 0.15) is 5.58 Å². The van der Waals surface area contributed by atoms with Crippen molar-refractivity contribution < 1.29 is 4.42 Å². The Balaban J connectivity index is 0.00000137. The maximum absolute atomic E-state index is 12.9. The molecule has 0 atom stereocenters. The van der Waals surface area contributed by atoms with E-state index in [9.17, 15) is 4.79 Å². The first-order chi connectivity index (χ1) is 15.7. The van der Waals surface area contributed by atoms with Crippen LogP contribution in [0.3, 0.4) is 0 Å². The number of rotatable bonds is 4. The van der Waals surface area contributed by atoms with Crippen molar-refractivity contribution in [2.24, 2.45) is 11.8 Å². The Morgan fingerprint density at radius 3 is 2.18 bits per heavy atom. The zero-order valence-electron chi connectivity index (χ0n) is 19.6. The predicted molar refractivity (Wildman–Crippen MR) is 143 cm³/mol. The summed E-state index contributed by atoms with van der Waals surface area (Å²) in [5.74, 6) is 1.82. The van der Waals surface area contributed by atoms with E-state index in [0.717, 1.165) is 66.5 Å². The van der Waals surface area contributed by atoms with Crippen LogP contribution < -0.4 is 5.63 Å². The maximum atomic E-state index is 12.9. The van der Waals surface area contributed by atoms with Crippen molar-refractivity contribution in [3.05, 3.63) is 70.1 Å². The highest BCUT2D eigenvalue weighted by atomic mass is 35.5. The zero-order valence-corrected chi connectivity index (χ0v) is 21.2. The summed E-state index contributed by atoms with van der Waals surface area (Å²) in [4.78, 5) is 18.1. The number of halogens is 2. The summed E-state index contributed by atoms with van der Waals surface area (Å²) in [6.45, 7) is 6.46. The molecule has 34 heavy (non-hydrogen) atoms. The van der Waals surface area contributed by atoms with Crippen molar-refractivity contribution >= 4 is 35.8 Å². The van der Waals surface area contributed by atoms with Crippen LogP contribution in [-0.2, 0) is 13.0 Å². The molecular formula is C28H34Cl2N2O2. The second-order valence-corrected chi connectivity index (χ2v) is 10.1. The first kappa shape index (κ1) is 25.2. The Morgan fingerprint density at radius 2 is 1.47 bits per heavy atom. The van der Waals surface area contributed by atoms with Gasteiger partial charge in [-0.1, -0.05) is 42.5 Å². The Hall–Kier alpha value is -1.85. The highest BCUT2D eigenvalue weighted by molar-refractivity contribution is 5.86. The second-order valence-electron chi connectivity index (χ2n) is 10.1. The van der Waals surface area contributed by atoms with E-state index in [2.05, 4.69) is 34.1 Å². The molecule has 0 amide bonds. The highest BCUT2D eigenvalue weighted by Gasteiger charge is 2.30. The van der Waals surface area contributed by atoms with Gasteiger partial charge in [-0.15, -0.1) is 24.8 Å². The van der Waals surface area contributed by atoms with Gasteiger partial charge in [0.05, 0.1) is 5.56 Å². The first-order valence-electron chi connectivity index (χ1n) is 12.3. The summed E-state index contributed by atoms with van der Waals surface area (Å²) in [5, 5.41) is 1.10. The number of benzene rings is 2. The molecule has 6 heteroatoms. The van der Waals surface area contributed by atoms with E-state index in [1.807, 2.05) is 24.3 Å². The van der Waals surface area contributed by atoms with E-state index in [1.165, 1.54) is 44.3 Å². The average Bonchev–Trinajstić information content (AvgIpc) is 3.16. The van der Waals surface area contributed by atoms with Gasteiger partial charge in [-0.05, 0) is 66.7 Å². The quantitative estimate of drug-likeness (QED) is 0.425. The van der Waals surface area contributed by atoms with Crippen LogP contribution in [0.5, 0.6) is 0 Å². The normalized spacial score (nSPS) is 22.5. The molecule has 2 bridgehead atoms. The minimum absolute atomic E-state index is 0. The van der Waals surface area contributed by atoms with E-state index in [4.69, 9.17) is 4.42 Å². The minimum atomic E-state index is -0.157. The summed E-state index contributed by atoms with van der Waals surface area (Å²) in [6.07, 6.45) is 6.64. The maximum Gasteiger partial charge on any atom is 0.341 e. The molecule has 0 unspecified atom stereocenters. The van der Waals surface area contributed by atoms with E-state index in [-0.39, 0.29) is 30.4 Å². The molecule has 2 saturated heterocycles. The molecule has 1 saturated carbocycles. The molecule has 4 aliphatic rings. The predicted octanol–water partition coefficient (Wildman–Crippen LogP) is 5.78. The molecule has 1 aliphatic carbocycles. The Morgan fingerprint density at radius 1 is 0.794 bits per heavy atom. The van der Waals surface area contributed by atoms with Gasteiger partial charge in [0, 0.05) is 44.7 Å². The fourth-order valence-corrected chi connectivity index (χ4v) is 6.19. The van der Waals surface area contributed by atoms with E-state index in [1.54, 1.807) is 0 Å². The number of nitrogens with zero attached hydrogens (tertiary/aromatic N) is 2. The van der Waals surface area contributed by atoms with Crippen molar-refractivity contribution in [3.8, 4) is 11.1 Å². The number of fused-ring (bicyclic) bond motifs is 7. The topological polar surface area (TPSA) is 36.7 Å². The van der Waals surface area contributed by atoms with Crippen LogP contribution in [0.4, 0.5) is 0 Å². The van der Waals surface area contributed by atoms with Gasteiger partial charge in [0.15, 0.2) is 0 Å². The van der Waals surface area contributed by atoms with Crippen LogP contribution in [0.15, 0.2) is 57.7 Å². The molecule has 3 aromatic rings. The average molecular weight is 501 g/mol. The third kappa shape index (κ3) is 5.06. The van der Waals surface area contributed by atoms with Crippen LogP contribution >= 0.6 is 24.8 Å². The Kier molecular flexibility index (Phi) is 8.04. The molecular weight excluding hydrogens is 467 g/mol. The molecule has 182 valence electrons. The number of hydrogen-bond donors (Lipinski definition) is 0. The summed E-state index contributed by atoms with van der Waals surface area (Å²) >= 11 is 0. The molecule has 3 fully saturated rings. The van der Waals surface area contributed by atoms with Gasteiger partial charge >= 0.3 is 5.63 Å². The molecule has 0 spiro atoms.